The van der Waals surface area contributed by atoms with Crippen LogP contribution in [0.4, 0.5) is 0 Å². The van der Waals surface area contributed by atoms with Gasteiger partial charge in [-0.3, -0.25) is 0 Å². The monoisotopic (exact) mass is 850 g/mol. The molecule has 0 radical (unpaired) electrons. The van der Waals surface area contributed by atoms with E-state index < -0.39 is 50.7 Å². The van der Waals surface area contributed by atoms with Gasteiger partial charge in [0.25, 0.3) is 0 Å². The Kier molecular flexibility index (Phi) is 16.7. The lowest BCUT2D eigenvalue weighted by Gasteiger charge is -2.42. The number of hydrogen-bond acceptors (Lipinski definition) is 9. The molecule has 9 nitrogen and oxygen atoms in total. The zero-order chi connectivity index (χ0) is 42.6. The quantitative estimate of drug-likeness (QED) is 0.108. The zero-order valence-corrected chi connectivity index (χ0v) is 40.3. The van der Waals surface area contributed by atoms with E-state index in [1.807, 2.05) is 6.07 Å². The molecule has 3 heterocycles. The third-order valence-corrected chi connectivity index (χ3v) is 24.7. The molecule has 0 aromatic heterocycles. The summed E-state index contributed by atoms with van der Waals surface area (Å²) in [6, 6.07) is 8.68. The van der Waals surface area contributed by atoms with Crippen molar-refractivity contribution in [2.75, 3.05) is 26.1 Å². The van der Waals surface area contributed by atoms with Gasteiger partial charge in [0.05, 0.1) is 66.1 Å². The van der Waals surface area contributed by atoms with Crippen molar-refractivity contribution in [3.63, 3.8) is 0 Å². The molecule has 1 aromatic rings. The molecule has 3 saturated heterocycles. The lowest BCUT2D eigenvalue weighted by Crippen LogP contribution is -2.49. The Morgan fingerprint density at radius 2 is 1.51 bits per heavy atom. The van der Waals surface area contributed by atoms with Crippen molar-refractivity contribution >= 4 is 26.5 Å². The lowest BCUT2D eigenvalue weighted by molar-refractivity contribution is -0.0782. The molecule has 0 saturated carbocycles. The van der Waals surface area contributed by atoms with Gasteiger partial charge in [-0.1, -0.05) is 79.8 Å². The first kappa shape index (κ1) is 48.5. The van der Waals surface area contributed by atoms with Crippen LogP contribution in [0.5, 0.6) is 0 Å². The summed E-state index contributed by atoms with van der Waals surface area (Å²) in [6.07, 6.45) is 4.12. The number of rotatable bonds is 19. The van der Waals surface area contributed by atoms with E-state index in [0.717, 1.165) is 49.7 Å². The van der Waals surface area contributed by atoms with Crippen LogP contribution >= 0.6 is 0 Å². The molecule has 3 fully saturated rings. The number of ether oxygens (including phenoxy) is 4. The van der Waals surface area contributed by atoms with Gasteiger partial charge in [-0.2, -0.15) is 0 Å². The first-order valence-corrected chi connectivity index (χ1v) is 28.9. The summed E-state index contributed by atoms with van der Waals surface area (Å²) in [5.41, 5.74) is 2.14. The van der Waals surface area contributed by atoms with E-state index in [1.165, 1.54) is 0 Å². The SMILES string of the molecule is C=C1CC(CCCO)OC1CC[C@H]1C[C@@H](C)C(=C)C(CC2OC(C[C@@H](CO[Si](C)(C)C(C)(C)C)O[Si](C)(C)C(C)(C)C)C(OC)C2CS(=O)(=O)c2ccccc2)O1. The largest absolute Gasteiger partial charge is 0.414 e. The van der Waals surface area contributed by atoms with Crippen molar-refractivity contribution in [3.05, 3.63) is 54.6 Å². The van der Waals surface area contributed by atoms with Gasteiger partial charge in [0.15, 0.2) is 26.5 Å². The number of hydrogen-bond donors (Lipinski definition) is 1. The molecule has 1 aromatic carbocycles. The minimum Gasteiger partial charge on any atom is -0.414 e. The van der Waals surface area contributed by atoms with Crippen molar-refractivity contribution in [2.45, 2.75) is 190 Å². The first-order valence-electron chi connectivity index (χ1n) is 21.4. The average Bonchev–Trinajstić information content (AvgIpc) is 3.63. The van der Waals surface area contributed by atoms with Crippen molar-refractivity contribution in [3.8, 4) is 0 Å². The molecule has 0 amide bonds. The van der Waals surface area contributed by atoms with Gasteiger partial charge in [0, 0.05) is 32.5 Å². The predicted octanol–water partition coefficient (Wildman–Crippen LogP) is 9.67. The Bertz CT molecular complexity index is 1570. The van der Waals surface area contributed by atoms with Crippen molar-refractivity contribution in [1.82, 2.24) is 0 Å². The lowest BCUT2D eigenvalue weighted by atomic mass is 9.83. The third kappa shape index (κ3) is 12.7. The highest BCUT2D eigenvalue weighted by atomic mass is 32.2. The third-order valence-electron chi connectivity index (χ3n) is 13.8. The van der Waals surface area contributed by atoms with Crippen LogP contribution in [-0.2, 0) is 37.6 Å². The average molecular weight is 851 g/mol. The van der Waals surface area contributed by atoms with E-state index in [2.05, 4.69) is 87.8 Å². The van der Waals surface area contributed by atoms with Crippen LogP contribution in [0.1, 0.15) is 99.8 Å². The molecule has 0 bridgehead atoms. The zero-order valence-electron chi connectivity index (χ0n) is 37.5. The maximum atomic E-state index is 14.1. The summed E-state index contributed by atoms with van der Waals surface area (Å²) in [4.78, 5) is 0.297. The Morgan fingerprint density at radius 1 is 0.877 bits per heavy atom. The molecule has 3 aliphatic rings. The van der Waals surface area contributed by atoms with Crippen LogP contribution in [0, 0.1) is 11.8 Å². The molecule has 57 heavy (non-hydrogen) atoms. The summed E-state index contributed by atoms with van der Waals surface area (Å²) >= 11 is 0. The number of benzene rings is 1. The summed E-state index contributed by atoms with van der Waals surface area (Å²) in [6.45, 7) is 34.2. The predicted molar refractivity (Wildman–Crippen MR) is 235 cm³/mol. The van der Waals surface area contributed by atoms with Gasteiger partial charge >= 0.3 is 0 Å². The van der Waals surface area contributed by atoms with Crippen molar-refractivity contribution < 1.29 is 41.3 Å². The van der Waals surface area contributed by atoms with E-state index in [9.17, 15) is 13.5 Å². The highest BCUT2D eigenvalue weighted by Gasteiger charge is 2.50. The van der Waals surface area contributed by atoms with Crippen LogP contribution in [0.3, 0.4) is 0 Å². The normalized spacial score (nSPS) is 29.9. The maximum Gasteiger partial charge on any atom is 0.192 e. The highest BCUT2D eigenvalue weighted by molar-refractivity contribution is 7.91. The minimum absolute atomic E-state index is 0.000157. The van der Waals surface area contributed by atoms with Gasteiger partial charge in [-0.05, 0) is 104 Å². The van der Waals surface area contributed by atoms with Gasteiger partial charge in [-0.25, -0.2) is 8.42 Å². The Balaban J connectivity index is 1.59. The topological polar surface area (TPSA) is 110 Å². The second-order valence-corrected chi connectivity index (χ2v) is 31.8. The molecule has 1 N–H and O–H groups in total. The standard InChI is InChI=1S/C45H78O9SSi2/c1-31-25-35(22-23-39-32(2)26-34(51-39)19-18-24-46)52-40(33(31)3)28-41-38(30-55(47,48)37-20-16-15-17-21-37)43(49-10)42(53-41)27-36(54-57(13,14)45(7,8)9)29-50-56(11,12)44(4,5)6/h15-17,20-21,31,34-36,38-43,46H,2-3,18-19,22-30H2,1,4-14H3/t31-,34?,35+,36+,38?,39?,40?,41?,42?,43?/m1/s1. The van der Waals surface area contributed by atoms with Gasteiger partial charge < -0.3 is 32.9 Å². The molecule has 12 heteroatoms. The van der Waals surface area contributed by atoms with Gasteiger partial charge in [-0.15, -0.1) is 0 Å². The maximum absolute atomic E-state index is 14.1. The van der Waals surface area contributed by atoms with Crippen molar-refractivity contribution in [1.29, 1.82) is 0 Å². The molecular formula is C45H78O9SSi2. The van der Waals surface area contributed by atoms with Gasteiger partial charge in [0.1, 0.15) is 0 Å². The smallest absolute Gasteiger partial charge is 0.192 e. The summed E-state index contributed by atoms with van der Waals surface area (Å²) in [5, 5.41) is 9.32. The molecule has 326 valence electrons. The van der Waals surface area contributed by atoms with Gasteiger partial charge in [0.2, 0.25) is 0 Å². The van der Waals surface area contributed by atoms with Crippen LogP contribution in [0.2, 0.25) is 36.3 Å². The first-order chi connectivity index (χ1) is 26.4. The Hall–Kier alpha value is -1.20. The van der Waals surface area contributed by atoms with Crippen LogP contribution in [0.25, 0.3) is 0 Å². The molecule has 4 rings (SSSR count). The Morgan fingerprint density at radius 3 is 2.11 bits per heavy atom. The molecule has 0 aliphatic carbocycles. The molecule has 3 aliphatic heterocycles. The van der Waals surface area contributed by atoms with E-state index in [4.69, 9.17) is 27.8 Å². The highest BCUT2D eigenvalue weighted by Crippen LogP contribution is 2.44. The minimum atomic E-state index is -3.68. The van der Waals surface area contributed by atoms with E-state index in [0.29, 0.717) is 24.3 Å². The van der Waals surface area contributed by atoms with Crippen LogP contribution in [-0.4, -0.2) is 105 Å². The summed E-state index contributed by atoms with van der Waals surface area (Å²) < 4.78 is 68.6. The van der Waals surface area contributed by atoms with Crippen LogP contribution < -0.4 is 0 Å². The molecule has 7 unspecified atom stereocenters. The fourth-order valence-corrected chi connectivity index (χ4v) is 12.1. The number of aliphatic hydroxyl groups excluding tert-OH is 1. The second-order valence-electron chi connectivity index (χ2n) is 20.2. The second kappa shape index (κ2) is 19.7. The number of sulfone groups is 1. The molecule has 0 spiro atoms. The number of aliphatic hydroxyl groups is 1. The number of methoxy groups -OCH3 is 1. The fraction of sp³-hybridized carbons (Fsp3) is 0.778. The summed E-state index contributed by atoms with van der Waals surface area (Å²) in [5.74, 6) is -0.324. The summed E-state index contributed by atoms with van der Waals surface area (Å²) in [7, 11) is -6.35. The molecular weight excluding hydrogens is 773 g/mol. The van der Waals surface area contributed by atoms with E-state index >= 15 is 0 Å². The van der Waals surface area contributed by atoms with E-state index in [-0.39, 0.29) is 58.9 Å². The van der Waals surface area contributed by atoms with E-state index in [1.54, 1.807) is 31.4 Å². The van der Waals surface area contributed by atoms with Crippen molar-refractivity contribution in [2.24, 2.45) is 11.8 Å². The Labute approximate surface area is 348 Å². The fourth-order valence-electron chi connectivity index (χ4n) is 8.08. The van der Waals surface area contributed by atoms with Crippen LogP contribution in [0.15, 0.2) is 59.5 Å². The molecule has 10 atom stereocenters.